The summed E-state index contributed by atoms with van der Waals surface area (Å²) in [5.74, 6) is -0.478. The third kappa shape index (κ3) is 6.13. The first kappa shape index (κ1) is 21.0. The van der Waals surface area contributed by atoms with E-state index in [1.165, 1.54) is 0 Å². The summed E-state index contributed by atoms with van der Waals surface area (Å²) in [7, 11) is 3.94. The van der Waals surface area contributed by atoms with Crippen molar-refractivity contribution in [3.05, 3.63) is 29.8 Å². The minimum absolute atomic E-state index is 0.0158. The first-order valence-electron chi connectivity index (χ1n) is 9.46. The van der Waals surface area contributed by atoms with Crippen molar-refractivity contribution in [1.29, 1.82) is 0 Å². The molecule has 27 heavy (non-hydrogen) atoms. The maximum absolute atomic E-state index is 12.5. The van der Waals surface area contributed by atoms with Crippen molar-refractivity contribution in [2.45, 2.75) is 38.8 Å². The van der Waals surface area contributed by atoms with E-state index >= 15 is 0 Å². The predicted molar refractivity (Wildman–Crippen MR) is 104 cm³/mol. The highest BCUT2D eigenvalue weighted by molar-refractivity contribution is 5.76. The fraction of sp³-hybridized carbons (Fsp3) is 0.600. The number of ether oxygens (including phenoxy) is 1. The van der Waals surface area contributed by atoms with E-state index in [0.29, 0.717) is 19.5 Å². The second-order valence-corrected chi connectivity index (χ2v) is 7.52. The zero-order valence-corrected chi connectivity index (χ0v) is 16.6. The van der Waals surface area contributed by atoms with Crippen molar-refractivity contribution in [3.8, 4) is 5.75 Å². The van der Waals surface area contributed by atoms with Gasteiger partial charge in [0, 0.05) is 19.6 Å². The van der Waals surface area contributed by atoms with Crippen LogP contribution >= 0.6 is 0 Å². The van der Waals surface area contributed by atoms with E-state index in [1.807, 2.05) is 52.2 Å². The summed E-state index contributed by atoms with van der Waals surface area (Å²) in [5, 5.41) is 12.1. The standard InChI is InChI=1S/C20H31N3O4/c1-14(2)27-17-9-7-15(8-10-17)18(22(3)4)12-21-20(26)23-11-5-6-16(13-23)19(24)25/h7-10,14,16,18H,5-6,11-13H2,1-4H3,(H,21,26)(H,24,25). The van der Waals surface area contributed by atoms with Gasteiger partial charge in [0.1, 0.15) is 5.75 Å². The molecule has 0 bridgehead atoms. The van der Waals surface area contributed by atoms with E-state index < -0.39 is 11.9 Å². The van der Waals surface area contributed by atoms with Gasteiger partial charge in [0.15, 0.2) is 0 Å². The summed E-state index contributed by atoms with van der Waals surface area (Å²) in [4.78, 5) is 27.3. The van der Waals surface area contributed by atoms with Crippen molar-refractivity contribution < 1.29 is 19.4 Å². The van der Waals surface area contributed by atoms with Gasteiger partial charge in [0.05, 0.1) is 18.1 Å². The summed E-state index contributed by atoms with van der Waals surface area (Å²) in [6.07, 6.45) is 1.47. The Morgan fingerprint density at radius 1 is 1.30 bits per heavy atom. The molecule has 0 aromatic heterocycles. The monoisotopic (exact) mass is 377 g/mol. The van der Waals surface area contributed by atoms with Crippen molar-refractivity contribution in [1.82, 2.24) is 15.1 Å². The van der Waals surface area contributed by atoms with Crippen LogP contribution in [-0.4, -0.2) is 66.7 Å². The number of hydrogen-bond donors (Lipinski definition) is 2. The van der Waals surface area contributed by atoms with Gasteiger partial charge in [0.2, 0.25) is 0 Å². The lowest BCUT2D eigenvalue weighted by molar-refractivity contribution is -0.143. The fourth-order valence-electron chi connectivity index (χ4n) is 3.30. The second kappa shape index (κ2) is 9.60. The zero-order valence-electron chi connectivity index (χ0n) is 16.6. The van der Waals surface area contributed by atoms with Crippen LogP contribution in [0.1, 0.15) is 38.3 Å². The number of amides is 2. The largest absolute Gasteiger partial charge is 0.491 e. The number of carbonyl (C=O) groups is 2. The molecule has 2 atom stereocenters. The molecule has 0 saturated carbocycles. The number of carboxylic acids is 1. The number of likely N-dealkylation sites (N-methyl/N-ethyl adjacent to an activating group) is 1. The topological polar surface area (TPSA) is 82.1 Å². The summed E-state index contributed by atoms with van der Waals surface area (Å²) in [5.41, 5.74) is 1.08. The van der Waals surface area contributed by atoms with Crippen molar-refractivity contribution in [2.24, 2.45) is 5.92 Å². The molecule has 1 saturated heterocycles. The van der Waals surface area contributed by atoms with Gasteiger partial charge in [-0.15, -0.1) is 0 Å². The van der Waals surface area contributed by atoms with Gasteiger partial charge in [-0.25, -0.2) is 4.79 Å². The summed E-state index contributed by atoms with van der Waals surface area (Å²) < 4.78 is 5.68. The molecular weight excluding hydrogens is 346 g/mol. The molecule has 1 aromatic carbocycles. The average Bonchev–Trinajstić information content (AvgIpc) is 2.62. The van der Waals surface area contributed by atoms with Gasteiger partial charge in [0.25, 0.3) is 0 Å². The van der Waals surface area contributed by atoms with Gasteiger partial charge in [-0.1, -0.05) is 12.1 Å². The molecule has 1 aliphatic heterocycles. The van der Waals surface area contributed by atoms with Crippen LogP contribution in [0.15, 0.2) is 24.3 Å². The van der Waals surface area contributed by atoms with E-state index in [4.69, 9.17) is 4.74 Å². The van der Waals surface area contributed by atoms with Crippen LogP contribution in [0, 0.1) is 5.92 Å². The number of hydrogen-bond acceptors (Lipinski definition) is 4. The highest BCUT2D eigenvalue weighted by Crippen LogP contribution is 2.22. The summed E-state index contributed by atoms with van der Waals surface area (Å²) in [6.45, 7) is 5.30. The Hall–Kier alpha value is -2.28. The van der Waals surface area contributed by atoms with Crippen LogP contribution in [0.25, 0.3) is 0 Å². The molecule has 2 N–H and O–H groups in total. The highest BCUT2D eigenvalue weighted by atomic mass is 16.5. The highest BCUT2D eigenvalue weighted by Gasteiger charge is 2.28. The molecule has 0 spiro atoms. The Kier molecular flexibility index (Phi) is 7.47. The van der Waals surface area contributed by atoms with Crippen LogP contribution in [0.5, 0.6) is 5.75 Å². The quantitative estimate of drug-likeness (QED) is 0.763. The molecule has 2 rings (SSSR count). The minimum Gasteiger partial charge on any atom is -0.491 e. The third-order valence-electron chi connectivity index (χ3n) is 4.76. The number of aliphatic carboxylic acids is 1. The molecule has 0 radical (unpaired) electrons. The number of nitrogens with zero attached hydrogens (tertiary/aromatic N) is 2. The number of urea groups is 1. The smallest absolute Gasteiger partial charge is 0.317 e. The maximum Gasteiger partial charge on any atom is 0.317 e. The van der Waals surface area contributed by atoms with Gasteiger partial charge < -0.3 is 25.0 Å². The Morgan fingerprint density at radius 3 is 2.52 bits per heavy atom. The fourth-order valence-corrected chi connectivity index (χ4v) is 3.30. The molecule has 1 aromatic rings. The van der Waals surface area contributed by atoms with E-state index in [0.717, 1.165) is 17.7 Å². The van der Waals surface area contributed by atoms with E-state index in [-0.39, 0.29) is 24.7 Å². The first-order valence-corrected chi connectivity index (χ1v) is 9.46. The van der Waals surface area contributed by atoms with E-state index in [1.54, 1.807) is 4.90 Å². The molecular formula is C20H31N3O4. The molecule has 7 heteroatoms. The molecule has 7 nitrogen and oxygen atoms in total. The second-order valence-electron chi connectivity index (χ2n) is 7.52. The van der Waals surface area contributed by atoms with Gasteiger partial charge in [-0.05, 0) is 58.5 Å². The number of rotatable bonds is 7. The number of benzene rings is 1. The van der Waals surface area contributed by atoms with Gasteiger partial charge >= 0.3 is 12.0 Å². The molecule has 2 unspecified atom stereocenters. The molecule has 1 fully saturated rings. The third-order valence-corrected chi connectivity index (χ3v) is 4.76. The minimum atomic E-state index is -0.831. The summed E-state index contributed by atoms with van der Waals surface area (Å²) >= 11 is 0. The Labute approximate surface area is 161 Å². The summed E-state index contributed by atoms with van der Waals surface area (Å²) in [6, 6.07) is 7.71. The van der Waals surface area contributed by atoms with Crippen LogP contribution in [0.4, 0.5) is 4.79 Å². The molecule has 150 valence electrons. The normalized spacial score (nSPS) is 18.4. The molecule has 0 aliphatic carbocycles. The number of piperidine rings is 1. The SMILES string of the molecule is CC(C)Oc1ccc(C(CNC(=O)N2CCCC(C(=O)O)C2)N(C)C)cc1. The Balaban J connectivity index is 1.96. The first-order chi connectivity index (χ1) is 12.8. The molecule has 2 amide bonds. The molecule has 1 aliphatic rings. The number of carboxylic acid groups (broad SMARTS) is 1. The van der Waals surface area contributed by atoms with Crippen LogP contribution in [0.2, 0.25) is 0 Å². The van der Waals surface area contributed by atoms with Crippen LogP contribution < -0.4 is 10.1 Å². The number of likely N-dealkylation sites (tertiary alicyclic amines) is 1. The van der Waals surface area contributed by atoms with Crippen molar-refractivity contribution in [3.63, 3.8) is 0 Å². The predicted octanol–water partition coefficient (Wildman–Crippen LogP) is 2.58. The lowest BCUT2D eigenvalue weighted by Crippen LogP contribution is -2.48. The van der Waals surface area contributed by atoms with E-state index in [2.05, 4.69) is 10.2 Å². The van der Waals surface area contributed by atoms with Crippen molar-refractivity contribution in [2.75, 3.05) is 33.7 Å². The van der Waals surface area contributed by atoms with Gasteiger partial charge in [-0.3, -0.25) is 4.79 Å². The van der Waals surface area contributed by atoms with E-state index in [9.17, 15) is 14.7 Å². The average molecular weight is 377 g/mol. The maximum atomic E-state index is 12.5. The van der Waals surface area contributed by atoms with Crippen LogP contribution in [-0.2, 0) is 4.79 Å². The molecule has 1 heterocycles. The zero-order chi connectivity index (χ0) is 20.0. The van der Waals surface area contributed by atoms with Gasteiger partial charge in [-0.2, -0.15) is 0 Å². The lowest BCUT2D eigenvalue weighted by atomic mass is 9.99. The number of carbonyl (C=O) groups excluding carboxylic acids is 1. The Morgan fingerprint density at radius 2 is 1.96 bits per heavy atom. The Bertz CT molecular complexity index is 631. The lowest BCUT2D eigenvalue weighted by Gasteiger charge is -2.32. The van der Waals surface area contributed by atoms with Crippen LogP contribution in [0.3, 0.4) is 0 Å². The van der Waals surface area contributed by atoms with Crippen molar-refractivity contribution >= 4 is 12.0 Å². The number of nitrogens with one attached hydrogen (secondary N) is 1.